The molecule has 11 heteroatoms. The standard InChI is InChI=1S/C30H36FN5O5/c1-19-11-12-24(14-20(19)2)36-29(40)35(18-21-8-6-10-23(31)15-21)27(38)25(33-36)26(37)34-13-7-9-22(17-34)16-32-28(39)41-30(3,4)5/h6,8,10-12,14-15,22H,7,9,13,16-18H2,1-5H3,(H,32,39)/t22-/m0/s1. The van der Waals surface area contributed by atoms with Crippen LogP contribution in [0.4, 0.5) is 9.18 Å². The number of amides is 2. The van der Waals surface area contributed by atoms with Crippen LogP contribution >= 0.6 is 0 Å². The van der Waals surface area contributed by atoms with E-state index in [9.17, 15) is 23.6 Å². The summed E-state index contributed by atoms with van der Waals surface area (Å²) in [5.41, 5.74) is 0.0868. The third-order valence-electron chi connectivity index (χ3n) is 6.97. The van der Waals surface area contributed by atoms with E-state index in [1.807, 2.05) is 19.9 Å². The van der Waals surface area contributed by atoms with Crippen LogP contribution in [0.25, 0.3) is 5.69 Å². The number of aryl methyl sites for hydroxylation is 2. The van der Waals surface area contributed by atoms with E-state index >= 15 is 0 Å². The zero-order valence-corrected chi connectivity index (χ0v) is 24.1. The summed E-state index contributed by atoms with van der Waals surface area (Å²) in [5.74, 6) is -1.17. The highest BCUT2D eigenvalue weighted by Crippen LogP contribution is 2.18. The first-order valence-electron chi connectivity index (χ1n) is 13.6. The van der Waals surface area contributed by atoms with Gasteiger partial charge in [-0.1, -0.05) is 18.2 Å². The number of benzene rings is 2. The molecular formula is C30H36FN5O5. The van der Waals surface area contributed by atoms with Gasteiger partial charge < -0.3 is 15.0 Å². The van der Waals surface area contributed by atoms with Gasteiger partial charge in [0.25, 0.3) is 11.5 Å². The molecule has 1 atom stereocenters. The Morgan fingerprint density at radius 3 is 2.54 bits per heavy atom. The van der Waals surface area contributed by atoms with Crippen molar-refractivity contribution in [3.63, 3.8) is 0 Å². The maximum absolute atomic E-state index is 13.9. The van der Waals surface area contributed by atoms with Crippen molar-refractivity contribution in [2.45, 2.75) is 59.6 Å². The van der Waals surface area contributed by atoms with E-state index in [-0.39, 0.29) is 12.5 Å². The molecule has 1 aliphatic rings. The summed E-state index contributed by atoms with van der Waals surface area (Å²) in [5, 5.41) is 7.01. The normalized spacial score (nSPS) is 15.5. The average molecular weight is 566 g/mol. The van der Waals surface area contributed by atoms with E-state index in [4.69, 9.17) is 4.74 Å². The molecule has 1 N–H and O–H groups in total. The number of rotatable bonds is 6. The van der Waals surface area contributed by atoms with Crippen molar-refractivity contribution < 1.29 is 18.7 Å². The molecule has 218 valence electrons. The Bertz CT molecular complexity index is 1570. The Morgan fingerprint density at radius 2 is 1.85 bits per heavy atom. The summed E-state index contributed by atoms with van der Waals surface area (Å²) < 4.78 is 21.2. The monoisotopic (exact) mass is 565 g/mol. The van der Waals surface area contributed by atoms with Crippen LogP contribution in [-0.4, -0.2) is 56.5 Å². The van der Waals surface area contributed by atoms with Crippen LogP contribution in [0, 0.1) is 25.6 Å². The van der Waals surface area contributed by atoms with E-state index in [1.165, 1.54) is 23.1 Å². The predicted octanol–water partition coefficient (Wildman–Crippen LogP) is 3.58. The SMILES string of the molecule is Cc1ccc(-n2nc(C(=O)N3CCC[C@@H](CNC(=O)OC(C)(C)C)C3)c(=O)n(Cc3cccc(F)c3)c2=O)cc1C. The van der Waals surface area contributed by atoms with E-state index < -0.39 is 40.4 Å². The molecule has 1 fully saturated rings. The van der Waals surface area contributed by atoms with Crippen molar-refractivity contribution in [1.82, 2.24) is 24.6 Å². The van der Waals surface area contributed by atoms with Crippen LogP contribution < -0.4 is 16.6 Å². The number of nitrogens with one attached hydrogen (secondary N) is 1. The first kappa shape index (κ1) is 29.7. The van der Waals surface area contributed by atoms with Gasteiger partial charge in [0.2, 0.25) is 5.69 Å². The maximum atomic E-state index is 13.9. The quantitative estimate of drug-likeness (QED) is 0.489. The smallest absolute Gasteiger partial charge is 0.407 e. The first-order chi connectivity index (χ1) is 19.3. The van der Waals surface area contributed by atoms with Gasteiger partial charge in [-0.3, -0.25) is 14.2 Å². The lowest BCUT2D eigenvalue weighted by atomic mass is 9.98. The molecule has 41 heavy (non-hydrogen) atoms. The predicted molar refractivity (Wildman–Crippen MR) is 152 cm³/mol. The molecule has 1 aliphatic heterocycles. The minimum Gasteiger partial charge on any atom is -0.444 e. The fourth-order valence-electron chi connectivity index (χ4n) is 4.74. The molecule has 2 amide bonds. The lowest BCUT2D eigenvalue weighted by Crippen LogP contribution is -2.49. The minimum absolute atomic E-state index is 0.0552. The highest BCUT2D eigenvalue weighted by Gasteiger charge is 2.30. The largest absolute Gasteiger partial charge is 0.444 e. The van der Waals surface area contributed by atoms with E-state index in [0.717, 1.165) is 26.8 Å². The third-order valence-corrected chi connectivity index (χ3v) is 6.97. The minimum atomic E-state index is -0.849. The number of alkyl carbamates (subject to hydrolysis) is 1. The molecule has 10 nitrogen and oxygen atoms in total. The highest BCUT2D eigenvalue weighted by atomic mass is 19.1. The highest BCUT2D eigenvalue weighted by molar-refractivity contribution is 5.92. The molecule has 0 spiro atoms. The summed E-state index contributed by atoms with van der Waals surface area (Å²) in [6, 6.07) is 10.9. The molecule has 2 aromatic carbocycles. The Morgan fingerprint density at radius 1 is 1.10 bits per heavy atom. The number of hydrogen-bond acceptors (Lipinski definition) is 6. The van der Waals surface area contributed by atoms with Crippen LogP contribution in [0.5, 0.6) is 0 Å². The lowest BCUT2D eigenvalue weighted by molar-refractivity contribution is 0.0501. The first-order valence-corrected chi connectivity index (χ1v) is 13.6. The van der Waals surface area contributed by atoms with Crippen molar-refractivity contribution in [3.05, 3.63) is 91.5 Å². The summed E-state index contributed by atoms with van der Waals surface area (Å²) in [6.45, 7) is 9.91. The second kappa shape index (κ2) is 12.1. The van der Waals surface area contributed by atoms with Crippen LogP contribution in [0.15, 0.2) is 52.1 Å². The molecule has 0 aliphatic carbocycles. The van der Waals surface area contributed by atoms with E-state index in [2.05, 4.69) is 10.4 Å². The molecule has 0 radical (unpaired) electrons. The van der Waals surface area contributed by atoms with Gasteiger partial charge in [0.05, 0.1) is 12.2 Å². The van der Waals surface area contributed by atoms with Crippen LogP contribution in [0.3, 0.4) is 0 Å². The summed E-state index contributed by atoms with van der Waals surface area (Å²) in [6.07, 6.45) is 0.905. The molecular weight excluding hydrogens is 529 g/mol. The number of likely N-dealkylation sites (tertiary alicyclic amines) is 1. The van der Waals surface area contributed by atoms with E-state index in [0.29, 0.717) is 37.3 Å². The van der Waals surface area contributed by atoms with Gasteiger partial charge in [-0.2, -0.15) is 9.78 Å². The number of aromatic nitrogens is 3. The Labute approximate surface area is 237 Å². The molecule has 0 unspecified atom stereocenters. The average Bonchev–Trinajstić information content (AvgIpc) is 2.90. The van der Waals surface area contributed by atoms with Gasteiger partial charge in [0, 0.05) is 19.6 Å². The number of halogens is 1. The summed E-state index contributed by atoms with van der Waals surface area (Å²) in [4.78, 5) is 54.5. The molecule has 0 bridgehead atoms. The lowest BCUT2D eigenvalue weighted by Gasteiger charge is -2.32. The van der Waals surface area contributed by atoms with Crippen molar-refractivity contribution in [3.8, 4) is 5.69 Å². The molecule has 0 saturated carbocycles. The van der Waals surface area contributed by atoms with Crippen molar-refractivity contribution in [2.75, 3.05) is 19.6 Å². The number of nitrogens with zero attached hydrogens (tertiary/aromatic N) is 4. The summed E-state index contributed by atoms with van der Waals surface area (Å²) in [7, 11) is 0. The number of piperidine rings is 1. The van der Waals surface area contributed by atoms with Crippen molar-refractivity contribution in [2.24, 2.45) is 5.92 Å². The molecule has 1 aromatic heterocycles. The molecule has 4 rings (SSSR count). The number of carbonyl (C=O) groups is 2. The van der Waals surface area contributed by atoms with Crippen LogP contribution in [0.2, 0.25) is 0 Å². The zero-order chi connectivity index (χ0) is 29.9. The Balaban J connectivity index is 1.67. The van der Waals surface area contributed by atoms with Gasteiger partial charge in [0.15, 0.2) is 0 Å². The summed E-state index contributed by atoms with van der Waals surface area (Å²) >= 11 is 0. The van der Waals surface area contributed by atoms with Crippen LogP contribution in [0.1, 0.15) is 60.8 Å². The number of carbonyl (C=O) groups excluding carboxylic acids is 2. The van der Waals surface area contributed by atoms with E-state index in [1.54, 1.807) is 39.0 Å². The Kier molecular flexibility index (Phi) is 8.74. The van der Waals surface area contributed by atoms with Gasteiger partial charge >= 0.3 is 11.8 Å². The maximum Gasteiger partial charge on any atom is 0.407 e. The second-order valence-corrected chi connectivity index (χ2v) is 11.5. The molecule has 1 saturated heterocycles. The van der Waals surface area contributed by atoms with Gasteiger partial charge in [-0.15, -0.1) is 0 Å². The fraction of sp³-hybridized carbons (Fsp3) is 0.433. The fourth-order valence-corrected chi connectivity index (χ4v) is 4.74. The van der Waals surface area contributed by atoms with Crippen LogP contribution in [-0.2, 0) is 11.3 Å². The Hall–Kier alpha value is -4.28. The third kappa shape index (κ3) is 7.27. The zero-order valence-electron chi connectivity index (χ0n) is 24.1. The van der Waals surface area contributed by atoms with Gasteiger partial charge in [-0.05, 0) is 94.3 Å². The number of ether oxygens (including phenoxy) is 1. The molecule has 2 heterocycles. The second-order valence-electron chi connectivity index (χ2n) is 11.5. The van der Waals surface area contributed by atoms with Gasteiger partial charge in [-0.25, -0.2) is 14.0 Å². The van der Waals surface area contributed by atoms with Crippen molar-refractivity contribution >= 4 is 12.0 Å². The van der Waals surface area contributed by atoms with Gasteiger partial charge in [0.1, 0.15) is 11.4 Å². The number of hydrogen-bond donors (Lipinski definition) is 1. The van der Waals surface area contributed by atoms with Crippen molar-refractivity contribution in [1.29, 1.82) is 0 Å². The molecule has 3 aromatic rings. The topological polar surface area (TPSA) is 116 Å².